The van der Waals surface area contributed by atoms with Gasteiger partial charge in [-0.1, -0.05) is 6.07 Å². The van der Waals surface area contributed by atoms with Crippen LogP contribution < -0.4 is 21.1 Å². The first-order chi connectivity index (χ1) is 15.2. The van der Waals surface area contributed by atoms with Crippen molar-refractivity contribution in [1.29, 1.82) is 0 Å². The number of hydrogen-bond donors (Lipinski definition) is 2. The Labute approximate surface area is 187 Å². The molecule has 0 amide bonds. The molecule has 0 saturated carbocycles. The van der Waals surface area contributed by atoms with Crippen molar-refractivity contribution >= 4 is 11.6 Å². The fourth-order valence-electron chi connectivity index (χ4n) is 3.74. The van der Waals surface area contributed by atoms with E-state index >= 15 is 0 Å². The van der Waals surface area contributed by atoms with Crippen molar-refractivity contribution in [2.75, 3.05) is 25.7 Å². The van der Waals surface area contributed by atoms with Crippen LogP contribution in [-0.2, 0) is 11.8 Å². The Balaban J connectivity index is 1.78. The van der Waals surface area contributed by atoms with Crippen LogP contribution in [-0.4, -0.2) is 47.0 Å². The average Bonchev–Trinajstić information content (AvgIpc) is 3.22. The number of fused-ring (bicyclic) bond motifs is 1. The van der Waals surface area contributed by atoms with Crippen LogP contribution in [0, 0.1) is 0 Å². The maximum Gasteiger partial charge on any atom is 0.205 e. The molecule has 2 aromatic rings. The molecule has 168 valence electrons. The van der Waals surface area contributed by atoms with Gasteiger partial charge in [-0.25, -0.2) is 4.99 Å². The highest BCUT2D eigenvalue weighted by Gasteiger charge is 2.32. The summed E-state index contributed by atoms with van der Waals surface area (Å²) in [7, 11) is 5.21. The number of benzene rings is 1. The highest BCUT2D eigenvalue weighted by molar-refractivity contribution is 6.02. The molecule has 9 heteroatoms. The Morgan fingerprint density at radius 1 is 1.12 bits per heavy atom. The Morgan fingerprint density at radius 2 is 1.91 bits per heavy atom. The number of nitrogens with zero attached hydrogens (tertiary/aromatic N) is 5. The molecule has 1 aromatic carbocycles. The van der Waals surface area contributed by atoms with E-state index in [1.807, 2.05) is 73.6 Å². The van der Waals surface area contributed by atoms with E-state index in [-0.39, 0.29) is 5.60 Å². The van der Waals surface area contributed by atoms with Gasteiger partial charge in [0.25, 0.3) is 0 Å². The fourth-order valence-corrected chi connectivity index (χ4v) is 3.74. The largest absolute Gasteiger partial charge is 0.495 e. The molecule has 1 aromatic heterocycles. The molecule has 0 aliphatic carbocycles. The van der Waals surface area contributed by atoms with Crippen LogP contribution in [0.4, 0.5) is 5.69 Å². The molecule has 0 atom stereocenters. The first kappa shape index (κ1) is 21.5. The molecule has 0 fully saturated rings. The maximum atomic E-state index is 6.65. The summed E-state index contributed by atoms with van der Waals surface area (Å²) >= 11 is 0. The number of aliphatic imine (C=N–C) groups is 1. The van der Waals surface area contributed by atoms with Crippen molar-refractivity contribution in [2.24, 2.45) is 23.5 Å². The molecule has 0 unspecified atom stereocenters. The van der Waals surface area contributed by atoms with E-state index in [4.69, 9.17) is 20.9 Å². The van der Waals surface area contributed by atoms with Gasteiger partial charge in [-0.3, -0.25) is 9.58 Å². The lowest BCUT2D eigenvalue weighted by atomic mass is 10.0. The zero-order valence-electron chi connectivity index (χ0n) is 19.0. The van der Waals surface area contributed by atoms with Gasteiger partial charge in [0.15, 0.2) is 0 Å². The van der Waals surface area contributed by atoms with Crippen molar-refractivity contribution in [3.05, 3.63) is 66.2 Å². The summed E-state index contributed by atoms with van der Waals surface area (Å²) in [6.07, 6.45) is 9.39. The van der Waals surface area contributed by atoms with Crippen molar-refractivity contribution in [3.63, 3.8) is 0 Å². The predicted octanol–water partition coefficient (Wildman–Crippen LogP) is 2.50. The number of rotatable bonds is 6. The van der Waals surface area contributed by atoms with Gasteiger partial charge in [-0.2, -0.15) is 5.10 Å². The molecule has 4 rings (SSSR count). The molecule has 0 bridgehead atoms. The summed E-state index contributed by atoms with van der Waals surface area (Å²) in [5.74, 6) is 1.50. The standard InChI is InChI=1S/C23H29N7O2/c1-23(2,32-5)14-29-9-8-16-11-26-22(25)30(20(16)21(29)24)18-7-6-15(10-19(18)31-4)17-12-27-28(3)13-17/h6-13H,14,24H2,1-5H3,(H2,25,26). The van der Waals surface area contributed by atoms with E-state index in [0.717, 1.165) is 28.1 Å². The Morgan fingerprint density at radius 3 is 2.56 bits per heavy atom. The third-order valence-electron chi connectivity index (χ3n) is 5.61. The maximum absolute atomic E-state index is 6.65. The smallest absolute Gasteiger partial charge is 0.205 e. The van der Waals surface area contributed by atoms with Crippen molar-refractivity contribution in [1.82, 2.24) is 14.7 Å². The third-order valence-corrected chi connectivity index (χ3v) is 5.61. The van der Waals surface area contributed by atoms with E-state index in [2.05, 4.69) is 10.1 Å². The molecule has 3 heterocycles. The number of ether oxygens (including phenoxy) is 2. The average molecular weight is 436 g/mol. The van der Waals surface area contributed by atoms with E-state index in [1.165, 1.54) is 0 Å². The molecule has 0 radical (unpaired) electrons. The molecule has 9 nitrogen and oxygen atoms in total. The van der Waals surface area contributed by atoms with Gasteiger partial charge >= 0.3 is 0 Å². The number of aromatic nitrogens is 2. The Bertz CT molecular complexity index is 1160. The minimum absolute atomic E-state index is 0.306. The van der Waals surface area contributed by atoms with Crippen LogP contribution >= 0.6 is 0 Å². The van der Waals surface area contributed by atoms with Crippen LogP contribution in [0.15, 0.2) is 71.2 Å². The van der Waals surface area contributed by atoms with Gasteiger partial charge in [0.1, 0.15) is 11.6 Å². The minimum atomic E-state index is -0.390. The second-order valence-electron chi connectivity index (χ2n) is 8.34. The number of aryl methyl sites for hydroxylation is 1. The summed E-state index contributed by atoms with van der Waals surface area (Å²) in [6, 6.07) is 5.91. The molecule has 2 aliphatic heterocycles. The number of allylic oxidation sites excluding steroid dienone is 1. The number of guanidine groups is 1. The topological polar surface area (TPSA) is 107 Å². The first-order valence-electron chi connectivity index (χ1n) is 10.2. The molecule has 0 spiro atoms. The van der Waals surface area contributed by atoms with Gasteiger partial charge < -0.3 is 25.8 Å². The van der Waals surface area contributed by atoms with Crippen LogP contribution in [0.2, 0.25) is 0 Å². The Hall–Kier alpha value is -3.72. The van der Waals surface area contributed by atoms with Crippen LogP contribution in [0.5, 0.6) is 5.75 Å². The second kappa shape index (κ2) is 8.08. The number of hydrogen-bond acceptors (Lipinski definition) is 8. The zero-order valence-corrected chi connectivity index (χ0v) is 19.0. The Kier molecular flexibility index (Phi) is 5.43. The van der Waals surface area contributed by atoms with Gasteiger partial charge in [0.05, 0.1) is 36.8 Å². The normalized spacial score (nSPS) is 16.2. The first-order valence-corrected chi connectivity index (χ1v) is 10.2. The predicted molar refractivity (Wildman–Crippen MR) is 126 cm³/mol. The molecule has 2 aliphatic rings. The third kappa shape index (κ3) is 3.82. The molecular formula is C23H29N7O2. The van der Waals surface area contributed by atoms with Gasteiger partial charge in [-0.05, 0) is 37.6 Å². The van der Waals surface area contributed by atoms with E-state index < -0.39 is 0 Å². The highest BCUT2D eigenvalue weighted by Crippen LogP contribution is 2.39. The van der Waals surface area contributed by atoms with E-state index in [9.17, 15) is 0 Å². The molecule has 32 heavy (non-hydrogen) atoms. The number of nitrogens with two attached hydrogens (primary N) is 2. The SMILES string of the molecule is COc1cc(-c2cnn(C)c2)ccc1N1C(N)=NC=C2C=CN(CC(C)(C)OC)C(N)=C21. The number of anilines is 1. The van der Waals surface area contributed by atoms with Gasteiger partial charge in [-0.15, -0.1) is 0 Å². The summed E-state index contributed by atoms with van der Waals surface area (Å²) < 4.78 is 13.1. The van der Waals surface area contributed by atoms with E-state index in [1.54, 1.807) is 25.1 Å². The number of methoxy groups -OCH3 is 2. The summed E-state index contributed by atoms with van der Waals surface area (Å²) in [5.41, 5.74) is 17.0. The molecule has 0 saturated heterocycles. The summed E-state index contributed by atoms with van der Waals surface area (Å²) in [6.45, 7) is 4.60. The van der Waals surface area contributed by atoms with Crippen LogP contribution in [0.1, 0.15) is 13.8 Å². The summed E-state index contributed by atoms with van der Waals surface area (Å²) in [5, 5.41) is 4.25. The van der Waals surface area contributed by atoms with Crippen molar-refractivity contribution in [2.45, 2.75) is 19.4 Å². The van der Waals surface area contributed by atoms with Crippen molar-refractivity contribution in [3.8, 4) is 16.9 Å². The molecule has 4 N–H and O–H groups in total. The molecular weight excluding hydrogens is 406 g/mol. The van der Waals surface area contributed by atoms with Crippen LogP contribution in [0.3, 0.4) is 0 Å². The lowest BCUT2D eigenvalue weighted by molar-refractivity contribution is 0.00703. The lowest BCUT2D eigenvalue weighted by Gasteiger charge is -2.38. The fraction of sp³-hybridized carbons (Fsp3) is 0.304. The zero-order chi connectivity index (χ0) is 23.0. The van der Waals surface area contributed by atoms with Crippen molar-refractivity contribution < 1.29 is 9.47 Å². The van der Waals surface area contributed by atoms with Gasteiger partial charge in [0.2, 0.25) is 5.96 Å². The lowest BCUT2D eigenvalue weighted by Crippen LogP contribution is -2.46. The van der Waals surface area contributed by atoms with E-state index in [0.29, 0.717) is 24.1 Å². The quantitative estimate of drug-likeness (QED) is 0.718. The minimum Gasteiger partial charge on any atom is -0.495 e. The van der Waals surface area contributed by atoms with Crippen LogP contribution in [0.25, 0.3) is 11.1 Å². The monoisotopic (exact) mass is 435 g/mol. The van der Waals surface area contributed by atoms with Gasteiger partial charge in [0, 0.05) is 43.9 Å². The highest BCUT2D eigenvalue weighted by atomic mass is 16.5. The second-order valence-corrected chi connectivity index (χ2v) is 8.34. The summed E-state index contributed by atoms with van der Waals surface area (Å²) in [4.78, 5) is 8.17.